The molecule has 0 aromatic rings. The predicted molar refractivity (Wildman–Crippen MR) is 55.7 cm³/mol. The quantitative estimate of drug-likeness (QED) is 0.731. The summed E-state index contributed by atoms with van der Waals surface area (Å²) in [4.78, 5) is 13.5. The summed E-state index contributed by atoms with van der Waals surface area (Å²) in [7, 11) is 0. The molecule has 0 radical (unpaired) electrons. The summed E-state index contributed by atoms with van der Waals surface area (Å²) in [5, 5.41) is 0. The summed E-state index contributed by atoms with van der Waals surface area (Å²) in [5.41, 5.74) is 5.29. The summed E-state index contributed by atoms with van der Waals surface area (Å²) < 4.78 is 0. The number of hydrogen-bond acceptors (Lipinski definition) is 2. The van der Waals surface area contributed by atoms with Crippen molar-refractivity contribution in [2.75, 3.05) is 19.6 Å². The zero-order chi connectivity index (χ0) is 9.97. The van der Waals surface area contributed by atoms with Crippen molar-refractivity contribution >= 4 is 5.91 Å². The normalized spacial score (nSPS) is 26.0. The minimum Gasteiger partial charge on any atom is -0.369 e. The third-order valence-electron chi connectivity index (χ3n) is 3.73. The van der Waals surface area contributed by atoms with Crippen molar-refractivity contribution in [1.29, 1.82) is 0 Å². The highest BCUT2D eigenvalue weighted by Gasteiger charge is 2.26. The molecule has 2 aliphatic rings. The topological polar surface area (TPSA) is 46.3 Å². The molecule has 2 rings (SSSR count). The van der Waals surface area contributed by atoms with Crippen molar-refractivity contribution in [2.24, 2.45) is 17.6 Å². The van der Waals surface area contributed by atoms with E-state index in [1.54, 1.807) is 0 Å². The number of primary amides is 1. The fourth-order valence-corrected chi connectivity index (χ4v) is 2.44. The van der Waals surface area contributed by atoms with Crippen LogP contribution < -0.4 is 5.73 Å². The first-order chi connectivity index (χ1) is 6.75. The molecule has 1 aliphatic carbocycles. The van der Waals surface area contributed by atoms with Gasteiger partial charge < -0.3 is 10.6 Å². The van der Waals surface area contributed by atoms with Crippen LogP contribution in [0, 0.1) is 11.8 Å². The molecule has 0 aromatic carbocycles. The molecule has 0 bridgehead atoms. The van der Waals surface area contributed by atoms with Crippen molar-refractivity contribution in [3.8, 4) is 0 Å². The number of nitrogens with two attached hydrogens (primary N) is 1. The number of nitrogens with zero attached hydrogens (tertiary/aromatic N) is 1. The van der Waals surface area contributed by atoms with E-state index in [2.05, 4.69) is 4.90 Å². The Balaban J connectivity index is 1.69. The van der Waals surface area contributed by atoms with Crippen LogP contribution in [0.1, 0.15) is 32.1 Å². The first-order valence-corrected chi connectivity index (χ1v) is 5.77. The van der Waals surface area contributed by atoms with Gasteiger partial charge in [-0.2, -0.15) is 0 Å². The lowest BCUT2D eigenvalue weighted by Crippen LogP contribution is -2.41. The molecule has 2 fully saturated rings. The van der Waals surface area contributed by atoms with Crippen molar-refractivity contribution in [3.63, 3.8) is 0 Å². The maximum Gasteiger partial charge on any atom is 0.220 e. The fraction of sp³-hybridized carbons (Fsp3) is 0.909. The van der Waals surface area contributed by atoms with Crippen molar-refractivity contribution in [2.45, 2.75) is 32.1 Å². The molecular formula is C11H20N2O. The number of piperidine rings is 1. The lowest BCUT2D eigenvalue weighted by Gasteiger charge is -2.36. The zero-order valence-electron chi connectivity index (χ0n) is 8.74. The molecule has 0 unspecified atom stereocenters. The summed E-state index contributed by atoms with van der Waals surface area (Å²) in [6.07, 6.45) is 6.19. The molecule has 1 aliphatic heterocycles. The van der Waals surface area contributed by atoms with Gasteiger partial charge in [-0.1, -0.05) is 6.42 Å². The zero-order valence-corrected chi connectivity index (χ0v) is 8.74. The second kappa shape index (κ2) is 4.30. The lowest BCUT2D eigenvalue weighted by atomic mass is 9.84. The van der Waals surface area contributed by atoms with Crippen molar-refractivity contribution in [3.05, 3.63) is 0 Å². The number of hydrogen-bond donors (Lipinski definition) is 1. The Labute approximate surface area is 85.6 Å². The van der Waals surface area contributed by atoms with E-state index in [4.69, 9.17) is 5.73 Å². The van der Waals surface area contributed by atoms with E-state index >= 15 is 0 Å². The van der Waals surface area contributed by atoms with E-state index in [1.807, 2.05) is 0 Å². The van der Waals surface area contributed by atoms with Crippen molar-refractivity contribution in [1.82, 2.24) is 4.90 Å². The first kappa shape index (κ1) is 9.97. The van der Waals surface area contributed by atoms with Crippen LogP contribution in [0.5, 0.6) is 0 Å². The number of carbonyl (C=O) groups excluding carboxylic acids is 1. The molecule has 3 nitrogen and oxygen atoms in total. The highest BCUT2D eigenvalue weighted by atomic mass is 16.1. The summed E-state index contributed by atoms with van der Waals surface area (Å²) in [6, 6.07) is 0. The number of rotatable bonds is 3. The van der Waals surface area contributed by atoms with Gasteiger partial charge in [0, 0.05) is 12.5 Å². The molecule has 80 valence electrons. The van der Waals surface area contributed by atoms with Gasteiger partial charge in [0.2, 0.25) is 5.91 Å². The maximum atomic E-state index is 11.0. The third kappa shape index (κ3) is 2.27. The molecular weight excluding hydrogens is 176 g/mol. The number of likely N-dealkylation sites (tertiary alicyclic amines) is 1. The first-order valence-electron chi connectivity index (χ1n) is 5.77. The second-order valence-corrected chi connectivity index (χ2v) is 4.77. The molecule has 0 aromatic heterocycles. The van der Waals surface area contributed by atoms with E-state index in [0.29, 0.717) is 0 Å². The Morgan fingerprint density at radius 1 is 1.21 bits per heavy atom. The van der Waals surface area contributed by atoms with Gasteiger partial charge in [0.15, 0.2) is 0 Å². The molecule has 14 heavy (non-hydrogen) atoms. The van der Waals surface area contributed by atoms with Gasteiger partial charge in [0.1, 0.15) is 0 Å². The Morgan fingerprint density at radius 3 is 2.29 bits per heavy atom. The predicted octanol–water partition coefficient (Wildman–Crippen LogP) is 0.984. The lowest BCUT2D eigenvalue weighted by molar-refractivity contribution is -0.123. The van der Waals surface area contributed by atoms with Gasteiger partial charge in [-0.3, -0.25) is 4.79 Å². The second-order valence-electron chi connectivity index (χ2n) is 4.77. The van der Waals surface area contributed by atoms with Gasteiger partial charge in [0.25, 0.3) is 0 Å². The Hall–Kier alpha value is -0.570. The Morgan fingerprint density at radius 2 is 1.86 bits per heavy atom. The molecule has 1 saturated carbocycles. The fourth-order valence-electron chi connectivity index (χ4n) is 2.44. The smallest absolute Gasteiger partial charge is 0.220 e. The van der Waals surface area contributed by atoms with Crippen LogP contribution in [0.3, 0.4) is 0 Å². The Kier molecular flexibility index (Phi) is 3.06. The van der Waals surface area contributed by atoms with Crippen LogP contribution in [-0.4, -0.2) is 30.4 Å². The average Bonchev–Trinajstić information content (AvgIpc) is 2.12. The summed E-state index contributed by atoms with van der Waals surface area (Å²) in [5.74, 6) is 0.987. The number of carbonyl (C=O) groups is 1. The highest BCUT2D eigenvalue weighted by Crippen LogP contribution is 2.28. The van der Waals surface area contributed by atoms with Crippen LogP contribution in [0.2, 0.25) is 0 Å². The van der Waals surface area contributed by atoms with Gasteiger partial charge >= 0.3 is 0 Å². The molecule has 0 spiro atoms. The van der Waals surface area contributed by atoms with E-state index < -0.39 is 0 Å². The van der Waals surface area contributed by atoms with Gasteiger partial charge in [-0.05, 0) is 44.7 Å². The van der Waals surface area contributed by atoms with E-state index in [9.17, 15) is 4.79 Å². The highest BCUT2D eigenvalue weighted by molar-refractivity contribution is 5.76. The van der Waals surface area contributed by atoms with Gasteiger partial charge in [-0.15, -0.1) is 0 Å². The van der Waals surface area contributed by atoms with Crippen LogP contribution in [0.15, 0.2) is 0 Å². The summed E-state index contributed by atoms with van der Waals surface area (Å²) >= 11 is 0. The Bertz CT molecular complexity index is 205. The molecule has 1 heterocycles. The third-order valence-corrected chi connectivity index (χ3v) is 3.73. The number of amides is 1. The van der Waals surface area contributed by atoms with Crippen LogP contribution in [-0.2, 0) is 4.79 Å². The minimum absolute atomic E-state index is 0.103. The van der Waals surface area contributed by atoms with Crippen LogP contribution in [0.4, 0.5) is 0 Å². The monoisotopic (exact) mass is 196 g/mol. The van der Waals surface area contributed by atoms with E-state index in [-0.39, 0.29) is 11.8 Å². The molecule has 2 N–H and O–H groups in total. The molecule has 1 saturated heterocycles. The maximum absolute atomic E-state index is 11.0. The molecule has 1 amide bonds. The van der Waals surface area contributed by atoms with Crippen LogP contribution in [0.25, 0.3) is 0 Å². The molecule has 3 heteroatoms. The largest absolute Gasteiger partial charge is 0.369 e. The van der Waals surface area contributed by atoms with Gasteiger partial charge in [0.05, 0.1) is 0 Å². The van der Waals surface area contributed by atoms with Gasteiger partial charge in [-0.25, -0.2) is 0 Å². The van der Waals surface area contributed by atoms with Crippen LogP contribution >= 0.6 is 0 Å². The minimum atomic E-state index is -0.103. The molecule has 0 atom stereocenters. The SMILES string of the molecule is NC(=O)C1CCN(CC2CCC2)CC1. The average molecular weight is 196 g/mol. The van der Waals surface area contributed by atoms with Crippen molar-refractivity contribution < 1.29 is 4.79 Å². The van der Waals surface area contributed by atoms with E-state index in [1.165, 1.54) is 25.8 Å². The van der Waals surface area contributed by atoms with E-state index in [0.717, 1.165) is 31.8 Å². The summed E-state index contributed by atoms with van der Waals surface area (Å²) in [6.45, 7) is 3.40. The standard InChI is InChI=1S/C11H20N2O/c12-11(14)10-4-6-13(7-5-10)8-9-2-1-3-9/h9-10H,1-8H2,(H2,12,14).